The van der Waals surface area contributed by atoms with Crippen LogP contribution in [0.15, 0.2) is 36.6 Å². The summed E-state index contributed by atoms with van der Waals surface area (Å²) in [5, 5.41) is 0. The van der Waals surface area contributed by atoms with E-state index in [9.17, 15) is 0 Å². The molecule has 0 amide bonds. The SMILES string of the molecule is C#CCCCC/C=C\C=C(/C=C)OCCCCC#C. The van der Waals surface area contributed by atoms with Gasteiger partial charge in [0, 0.05) is 12.8 Å². The topological polar surface area (TPSA) is 9.23 Å². The van der Waals surface area contributed by atoms with Gasteiger partial charge in [0.1, 0.15) is 5.76 Å². The first kappa shape index (κ1) is 17.1. The molecule has 0 rings (SSSR count). The number of unbranched alkanes of at least 4 members (excludes halogenated alkanes) is 5. The molecule has 0 unspecified atom stereocenters. The van der Waals surface area contributed by atoms with Gasteiger partial charge in [-0.3, -0.25) is 0 Å². The van der Waals surface area contributed by atoms with Crippen molar-refractivity contribution >= 4 is 0 Å². The Labute approximate surface area is 118 Å². The van der Waals surface area contributed by atoms with Crippen molar-refractivity contribution in [3.63, 3.8) is 0 Å². The molecule has 0 atom stereocenters. The Balaban J connectivity index is 3.73. The molecule has 0 spiro atoms. The first-order valence-electron chi connectivity index (χ1n) is 6.84. The average molecular weight is 256 g/mol. The third kappa shape index (κ3) is 12.4. The minimum atomic E-state index is 0.690. The molecule has 0 aromatic carbocycles. The van der Waals surface area contributed by atoms with Crippen molar-refractivity contribution in [2.45, 2.75) is 44.9 Å². The summed E-state index contributed by atoms with van der Waals surface area (Å²) in [6, 6.07) is 0. The molecule has 0 saturated heterocycles. The third-order valence-corrected chi connectivity index (χ3v) is 2.52. The predicted molar refractivity (Wildman–Crippen MR) is 83.4 cm³/mol. The van der Waals surface area contributed by atoms with Gasteiger partial charge in [-0.1, -0.05) is 18.7 Å². The zero-order chi connectivity index (χ0) is 14.2. The van der Waals surface area contributed by atoms with Gasteiger partial charge in [0.25, 0.3) is 0 Å². The van der Waals surface area contributed by atoms with Gasteiger partial charge in [0.15, 0.2) is 0 Å². The monoisotopic (exact) mass is 256 g/mol. The van der Waals surface area contributed by atoms with Gasteiger partial charge in [-0.15, -0.1) is 24.7 Å². The van der Waals surface area contributed by atoms with Crippen LogP contribution in [-0.2, 0) is 4.74 Å². The number of rotatable bonds is 11. The van der Waals surface area contributed by atoms with E-state index in [2.05, 4.69) is 24.5 Å². The van der Waals surface area contributed by atoms with Gasteiger partial charge in [0.2, 0.25) is 0 Å². The lowest BCUT2D eigenvalue weighted by Crippen LogP contribution is -1.92. The number of allylic oxidation sites excluding steroid dienone is 4. The van der Waals surface area contributed by atoms with Crippen LogP contribution in [0, 0.1) is 24.7 Å². The Hall–Kier alpha value is -1.86. The van der Waals surface area contributed by atoms with E-state index in [1.807, 2.05) is 12.2 Å². The Morgan fingerprint density at radius 1 is 1.05 bits per heavy atom. The maximum Gasteiger partial charge on any atom is 0.118 e. The molecule has 0 radical (unpaired) electrons. The molecule has 102 valence electrons. The molecule has 0 bridgehead atoms. The first-order chi connectivity index (χ1) is 9.35. The second-order valence-electron chi connectivity index (χ2n) is 4.16. The molecule has 0 aliphatic carbocycles. The number of ether oxygens (including phenoxy) is 1. The van der Waals surface area contributed by atoms with Crippen LogP contribution in [0.2, 0.25) is 0 Å². The van der Waals surface area contributed by atoms with Crippen molar-refractivity contribution in [2.24, 2.45) is 0 Å². The van der Waals surface area contributed by atoms with E-state index in [0.717, 1.165) is 50.7 Å². The lowest BCUT2D eigenvalue weighted by molar-refractivity contribution is 0.218. The first-order valence-corrected chi connectivity index (χ1v) is 6.84. The van der Waals surface area contributed by atoms with Crippen molar-refractivity contribution < 1.29 is 4.74 Å². The van der Waals surface area contributed by atoms with Crippen LogP contribution in [0.3, 0.4) is 0 Å². The van der Waals surface area contributed by atoms with Crippen LogP contribution >= 0.6 is 0 Å². The maximum absolute atomic E-state index is 5.58. The van der Waals surface area contributed by atoms with Gasteiger partial charge in [0.05, 0.1) is 6.61 Å². The lowest BCUT2D eigenvalue weighted by atomic mass is 10.2. The van der Waals surface area contributed by atoms with E-state index in [0.29, 0.717) is 6.61 Å². The second kappa shape index (κ2) is 14.2. The third-order valence-electron chi connectivity index (χ3n) is 2.52. The van der Waals surface area contributed by atoms with Gasteiger partial charge in [-0.2, -0.15) is 0 Å². The Morgan fingerprint density at radius 2 is 1.74 bits per heavy atom. The van der Waals surface area contributed by atoms with Crippen LogP contribution in [0.1, 0.15) is 44.9 Å². The van der Waals surface area contributed by atoms with E-state index in [4.69, 9.17) is 17.6 Å². The van der Waals surface area contributed by atoms with Crippen LogP contribution in [0.4, 0.5) is 0 Å². The van der Waals surface area contributed by atoms with Crippen molar-refractivity contribution in [3.8, 4) is 24.7 Å². The van der Waals surface area contributed by atoms with Crippen LogP contribution in [0.5, 0.6) is 0 Å². The lowest BCUT2D eigenvalue weighted by Gasteiger charge is -2.04. The van der Waals surface area contributed by atoms with Crippen molar-refractivity contribution in [2.75, 3.05) is 6.61 Å². The van der Waals surface area contributed by atoms with Gasteiger partial charge in [-0.05, 0) is 44.3 Å². The molecule has 0 aromatic rings. The molecule has 0 aliphatic heterocycles. The molecular formula is C18H24O. The fourth-order valence-electron chi connectivity index (χ4n) is 1.44. The van der Waals surface area contributed by atoms with Crippen LogP contribution in [0.25, 0.3) is 0 Å². The quantitative estimate of drug-likeness (QED) is 0.227. The summed E-state index contributed by atoms with van der Waals surface area (Å²) in [6.45, 7) is 4.42. The normalized spacial score (nSPS) is 10.9. The highest BCUT2D eigenvalue weighted by atomic mass is 16.5. The Bertz CT molecular complexity index is 360. The van der Waals surface area contributed by atoms with Gasteiger partial charge < -0.3 is 4.74 Å². The molecule has 0 fully saturated rings. The number of hydrogen-bond acceptors (Lipinski definition) is 1. The molecule has 1 heteroatoms. The highest BCUT2D eigenvalue weighted by molar-refractivity contribution is 5.16. The second-order valence-corrected chi connectivity index (χ2v) is 4.16. The molecule has 19 heavy (non-hydrogen) atoms. The van der Waals surface area contributed by atoms with E-state index in [-0.39, 0.29) is 0 Å². The minimum Gasteiger partial charge on any atom is -0.494 e. The van der Waals surface area contributed by atoms with Gasteiger partial charge in [-0.25, -0.2) is 0 Å². The maximum atomic E-state index is 5.58. The summed E-state index contributed by atoms with van der Waals surface area (Å²) in [5.41, 5.74) is 0. The molecule has 1 nitrogen and oxygen atoms in total. The molecule has 0 heterocycles. The van der Waals surface area contributed by atoms with E-state index in [1.165, 1.54) is 0 Å². The van der Waals surface area contributed by atoms with Crippen molar-refractivity contribution in [3.05, 3.63) is 36.6 Å². The minimum absolute atomic E-state index is 0.690. The van der Waals surface area contributed by atoms with Crippen molar-refractivity contribution in [1.82, 2.24) is 0 Å². The summed E-state index contributed by atoms with van der Waals surface area (Å²) >= 11 is 0. The number of terminal acetylenes is 2. The van der Waals surface area contributed by atoms with E-state index in [1.54, 1.807) is 6.08 Å². The zero-order valence-corrected chi connectivity index (χ0v) is 11.7. The highest BCUT2D eigenvalue weighted by Gasteiger charge is 1.91. The van der Waals surface area contributed by atoms with Crippen molar-refractivity contribution in [1.29, 1.82) is 0 Å². The fourth-order valence-corrected chi connectivity index (χ4v) is 1.44. The fraction of sp³-hybridized carbons (Fsp3) is 0.444. The highest BCUT2D eigenvalue weighted by Crippen LogP contribution is 2.04. The molecular weight excluding hydrogens is 232 g/mol. The summed E-state index contributed by atoms with van der Waals surface area (Å²) in [6.07, 6.45) is 25.1. The zero-order valence-electron chi connectivity index (χ0n) is 11.7. The Kier molecular flexibility index (Phi) is 12.8. The molecule has 0 aromatic heterocycles. The average Bonchev–Trinajstić information content (AvgIpc) is 2.44. The summed E-state index contributed by atoms with van der Waals surface area (Å²) < 4.78 is 5.58. The van der Waals surface area contributed by atoms with E-state index < -0.39 is 0 Å². The molecule has 0 N–H and O–H groups in total. The standard InChI is InChI=1S/C18H24O/c1-4-7-9-11-12-13-14-16-18(6-3)19-17-15-10-8-5-2/h1-2,6,13-14,16H,3,7-12,15,17H2/b14-13-,18-16+. The smallest absolute Gasteiger partial charge is 0.118 e. The van der Waals surface area contributed by atoms with Gasteiger partial charge >= 0.3 is 0 Å². The largest absolute Gasteiger partial charge is 0.494 e. The van der Waals surface area contributed by atoms with Crippen LogP contribution in [-0.4, -0.2) is 6.61 Å². The molecule has 0 saturated carbocycles. The Morgan fingerprint density at radius 3 is 2.37 bits per heavy atom. The summed E-state index contributed by atoms with van der Waals surface area (Å²) in [7, 11) is 0. The number of hydrogen-bond donors (Lipinski definition) is 0. The predicted octanol–water partition coefficient (Wildman–Crippen LogP) is 4.63. The summed E-state index contributed by atoms with van der Waals surface area (Å²) in [4.78, 5) is 0. The summed E-state index contributed by atoms with van der Waals surface area (Å²) in [5.74, 6) is 6.07. The van der Waals surface area contributed by atoms with E-state index >= 15 is 0 Å². The van der Waals surface area contributed by atoms with Crippen LogP contribution < -0.4 is 0 Å². The molecule has 0 aliphatic rings.